The molecule has 2 N–H and O–H groups in total. The summed E-state index contributed by atoms with van der Waals surface area (Å²) in [5, 5.41) is 17.6. The lowest BCUT2D eigenvalue weighted by molar-refractivity contribution is 0.00578. The Bertz CT molecular complexity index is 4300. The quantitative estimate of drug-likeness (QED) is 0.0325. The summed E-state index contributed by atoms with van der Waals surface area (Å²) in [4.78, 5) is 44.3. The number of pyridine rings is 4. The van der Waals surface area contributed by atoms with Crippen molar-refractivity contribution >= 4 is 114 Å². The van der Waals surface area contributed by atoms with E-state index in [0.29, 0.717) is 31.4 Å². The number of alkyl carbamates (subject to hydrolysis) is 2. The summed E-state index contributed by atoms with van der Waals surface area (Å²) >= 11 is 3.40. The molecule has 1 saturated heterocycles. The third-order valence-corrected chi connectivity index (χ3v) is 34.7. The number of nitrogens with one attached hydrogen (secondary N) is 2. The van der Waals surface area contributed by atoms with Crippen molar-refractivity contribution in [2.24, 2.45) is 0 Å². The first-order valence-electron chi connectivity index (χ1n) is 37.4. The number of aromatic nitrogens is 8. The van der Waals surface area contributed by atoms with E-state index in [1.54, 1.807) is 20.4 Å². The number of carbonyl (C=O) groups is 2. The van der Waals surface area contributed by atoms with Gasteiger partial charge in [-0.1, -0.05) is 106 Å². The van der Waals surface area contributed by atoms with E-state index in [-0.39, 0.29) is 54.2 Å². The maximum atomic E-state index is 12.7. The minimum Gasteiger partial charge on any atom is -0.496 e. The molecule has 28 heteroatoms. The number of rotatable bonds is 24. The fraction of sp³-hybridized carbons (Fsp3) is 0.556. The van der Waals surface area contributed by atoms with Crippen molar-refractivity contribution in [3.05, 3.63) is 137 Å². The van der Waals surface area contributed by atoms with E-state index >= 15 is 0 Å². The number of carbonyl (C=O) groups excluding carboxylic acids is 2. The molecular formula is C81H126BBrN10O11S2Si3. The average molecular weight is 1660 g/mol. The molecule has 8 aromatic rings. The number of hydrogen-bond acceptors (Lipinski definition) is 17. The second-order valence-corrected chi connectivity index (χ2v) is 50.4. The predicted molar refractivity (Wildman–Crippen MR) is 463 cm³/mol. The minimum absolute atomic E-state index is 0. The van der Waals surface area contributed by atoms with Crippen LogP contribution in [-0.2, 0) is 45.3 Å². The van der Waals surface area contributed by atoms with Crippen LogP contribution in [0.25, 0.3) is 44.7 Å². The van der Waals surface area contributed by atoms with Gasteiger partial charge in [-0.2, -0.15) is 37.2 Å². The molecule has 0 bridgehead atoms. The van der Waals surface area contributed by atoms with Crippen LogP contribution in [0.2, 0.25) is 54.4 Å². The molecule has 9 rings (SSSR count). The molecule has 0 saturated carbocycles. The van der Waals surface area contributed by atoms with Gasteiger partial charge in [0.25, 0.3) is 0 Å². The highest BCUT2D eigenvalue weighted by Gasteiger charge is 2.52. The molecular weight excluding hydrogens is 1530 g/mol. The molecule has 0 radical (unpaired) electrons. The normalized spacial score (nSPS) is 14.6. The maximum absolute atomic E-state index is 12.7. The zero-order valence-corrected chi connectivity index (χ0v) is 76.8. The first-order chi connectivity index (χ1) is 49.5. The van der Waals surface area contributed by atoms with Crippen molar-refractivity contribution in [2.45, 2.75) is 273 Å². The molecule has 0 aliphatic carbocycles. The van der Waals surface area contributed by atoms with Gasteiger partial charge in [0.05, 0.1) is 113 Å². The summed E-state index contributed by atoms with van der Waals surface area (Å²) in [7, 11) is -2.76. The Morgan fingerprint density at radius 3 is 1.39 bits per heavy atom. The van der Waals surface area contributed by atoms with Crippen molar-refractivity contribution < 1.29 is 51.1 Å². The van der Waals surface area contributed by atoms with Gasteiger partial charge in [0.1, 0.15) is 27.3 Å². The molecule has 21 nitrogen and oxygen atoms in total. The number of ether oxygens (including phenoxy) is 4. The van der Waals surface area contributed by atoms with Crippen molar-refractivity contribution in [2.75, 3.05) is 20.8 Å². The summed E-state index contributed by atoms with van der Waals surface area (Å²) in [6.45, 7) is 56.7. The molecule has 0 unspecified atom stereocenters. The number of nitrogens with zero attached hydrogens (tertiary/aromatic N) is 8. The third kappa shape index (κ3) is 25.4. The second kappa shape index (κ2) is 37.6. The van der Waals surface area contributed by atoms with E-state index in [0.717, 1.165) is 110 Å². The number of fused-ring (bicyclic) bond motifs is 2. The molecule has 7 heterocycles. The van der Waals surface area contributed by atoms with Crippen molar-refractivity contribution in [1.82, 2.24) is 50.1 Å². The number of unbranched alkanes of at least 4 members (excludes halogenated alkanes) is 1. The number of methoxy groups -OCH3 is 2. The van der Waals surface area contributed by atoms with Crippen LogP contribution in [0.3, 0.4) is 0 Å². The Labute approximate surface area is 675 Å². The van der Waals surface area contributed by atoms with Gasteiger partial charge in [-0.05, 0) is 237 Å². The number of amides is 2. The van der Waals surface area contributed by atoms with Crippen LogP contribution in [0, 0.1) is 0 Å². The summed E-state index contributed by atoms with van der Waals surface area (Å²) in [5.41, 5.74) is 5.57. The van der Waals surface area contributed by atoms with E-state index in [1.165, 1.54) is 0 Å². The van der Waals surface area contributed by atoms with Gasteiger partial charge in [0.15, 0.2) is 36.6 Å². The zero-order valence-electron chi connectivity index (χ0n) is 70.2. The lowest BCUT2D eigenvalue weighted by Crippen LogP contribution is -2.41. The Balaban J connectivity index is 0.000000300. The first-order valence-corrected chi connectivity index (χ1v) is 46.9. The van der Waals surface area contributed by atoms with Crippen LogP contribution < -0.4 is 25.6 Å². The van der Waals surface area contributed by atoms with Gasteiger partial charge in [-0.3, -0.25) is 4.98 Å². The second-order valence-electron chi connectivity index (χ2n) is 35.2. The van der Waals surface area contributed by atoms with Crippen LogP contribution in [-0.4, -0.2) is 127 Å². The maximum Gasteiger partial charge on any atom is 0.495 e. The molecule has 1 aliphatic heterocycles. The van der Waals surface area contributed by atoms with E-state index in [9.17, 15) is 9.59 Å². The van der Waals surface area contributed by atoms with Crippen molar-refractivity contribution in [3.8, 4) is 34.4 Å². The van der Waals surface area contributed by atoms with E-state index in [2.05, 4.69) is 151 Å². The van der Waals surface area contributed by atoms with Gasteiger partial charge >= 0.3 is 19.3 Å². The van der Waals surface area contributed by atoms with E-state index in [4.69, 9.17) is 61.6 Å². The molecule has 0 spiro atoms. The Hall–Kier alpha value is -6.18. The van der Waals surface area contributed by atoms with E-state index < -0.39 is 66.7 Å². The molecule has 2 amide bonds. The molecule has 600 valence electrons. The highest BCUT2D eigenvalue weighted by atomic mass is 79.9. The third-order valence-electron chi connectivity index (χ3n) is 20.7. The summed E-state index contributed by atoms with van der Waals surface area (Å²) < 4.78 is 58.6. The van der Waals surface area contributed by atoms with Gasteiger partial charge in [0.2, 0.25) is 0 Å². The largest absolute Gasteiger partial charge is 0.496 e. The molecule has 2 atom stereocenters. The van der Waals surface area contributed by atoms with E-state index in [1.807, 2.05) is 176 Å². The van der Waals surface area contributed by atoms with Crippen LogP contribution >= 0.6 is 42.9 Å². The van der Waals surface area contributed by atoms with Crippen molar-refractivity contribution in [3.63, 3.8) is 0 Å². The van der Waals surface area contributed by atoms with Crippen LogP contribution in [0.4, 0.5) is 9.59 Å². The SMILES string of the molecule is CC(C)(C)OC(=O)N[C@@H](CCCO[Si](C)(C)C(C)(C)C)c1cccc(Br)n1.CCCC[C@H](NC(=O)OC(C)(C)C)c1cccc(-c2cc(OC)c3cnn(-c4cccc(CO[Si](C)(C)C(C)(C)C)n4)c3c2)n1.COc1cc(B2OC(C)(C)C(C)(C)O2)cc2c1cnn2-c1cccc(CO[Si](C)(C)C(C)(C)C)n1.S.S. The van der Waals surface area contributed by atoms with Gasteiger partial charge < -0.3 is 52.2 Å². The number of halogens is 1. The highest BCUT2D eigenvalue weighted by Crippen LogP contribution is 2.42. The van der Waals surface area contributed by atoms with Crippen molar-refractivity contribution in [1.29, 1.82) is 0 Å². The lowest BCUT2D eigenvalue weighted by Gasteiger charge is -2.36. The first kappa shape index (κ1) is 93.4. The lowest BCUT2D eigenvalue weighted by atomic mass is 9.78. The Morgan fingerprint density at radius 2 is 0.954 bits per heavy atom. The summed E-state index contributed by atoms with van der Waals surface area (Å²) in [5.74, 6) is 2.83. The Morgan fingerprint density at radius 1 is 0.541 bits per heavy atom. The predicted octanol–water partition coefficient (Wildman–Crippen LogP) is 20.5. The molecule has 109 heavy (non-hydrogen) atoms. The van der Waals surface area contributed by atoms with Gasteiger partial charge in [0, 0.05) is 12.2 Å². The highest BCUT2D eigenvalue weighted by molar-refractivity contribution is 9.10. The van der Waals surface area contributed by atoms with Gasteiger partial charge in [-0.15, -0.1) is 0 Å². The molecule has 1 aliphatic rings. The topological polar surface area (TPSA) is 228 Å². The van der Waals surface area contributed by atoms with Gasteiger partial charge in [-0.25, -0.2) is 33.9 Å². The summed E-state index contributed by atoms with van der Waals surface area (Å²) in [6.07, 6.45) is 6.99. The molecule has 1 fully saturated rings. The standard InChI is InChI=1S/C35H49N5O4Si.C26H38BN3O4Si.C20H35BrN2O3Si.2H2S/c1-11-12-16-29(39-33(41)44-34(2,3)4)28-18-14-17-27(38-28)24-20-30-26(31(21-24)42-8)22-36-40(30)32-19-13-15-25(37-32)23-43-45(9,10)35(5,6)7;1-24(2,3)35(9,10)32-17-19-12-11-13-23(29-19)30-21-14-18(15-22(31-8)20(21)16-28-30)27-33-25(4,5)26(6,7)34-27;1-19(2,3)26-18(24)23-16(15-11-9-13-17(21)22-15)12-10-14-25-27(7,8)20(4,5)6;;/h13-15,17-22,29H,11-12,16,23H2,1-10H3,(H,39,41);11-16H,17H2,1-10H3;9,11,13,16H,10,12,14H2,1-8H3,(H,23,24);2*1H2/t29-;;16-;;/m0.0../s1. The minimum atomic E-state index is -1.93. The molecule has 2 aromatic carbocycles. The molecule has 6 aromatic heterocycles. The zero-order chi connectivity index (χ0) is 79.7. The fourth-order valence-electron chi connectivity index (χ4n) is 10.6. The fourth-order valence-corrected chi connectivity index (χ4v) is 13.9. The average Bonchev–Trinajstić information content (AvgIpc) is 1.61. The monoisotopic (exact) mass is 1650 g/mol. The number of benzene rings is 2. The smallest absolute Gasteiger partial charge is 0.495 e. The number of hydrogen-bond donors (Lipinski definition) is 2. The van der Waals surface area contributed by atoms with Crippen LogP contribution in [0.15, 0.2) is 114 Å². The summed E-state index contributed by atoms with van der Waals surface area (Å²) in [6, 6.07) is 31.0. The van der Waals surface area contributed by atoms with Crippen LogP contribution in [0.1, 0.15) is 205 Å². The Kier molecular flexibility index (Phi) is 32.3. The van der Waals surface area contributed by atoms with Crippen LogP contribution in [0.5, 0.6) is 11.5 Å².